The maximum absolute atomic E-state index is 10.8. The third kappa shape index (κ3) is 1.70. The fraction of sp³-hybridized carbons (Fsp3) is 0. The maximum atomic E-state index is 10.8. The van der Waals surface area contributed by atoms with Crippen molar-refractivity contribution in [1.82, 2.24) is 0 Å². The Morgan fingerprint density at radius 2 is 1.64 bits per heavy atom. The molecule has 0 aliphatic heterocycles. The van der Waals surface area contributed by atoms with Gasteiger partial charge in [-0.3, -0.25) is 0 Å². The molecule has 0 amide bonds. The fourth-order valence-electron chi connectivity index (χ4n) is 1.41. The highest BCUT2D eigenvalue weighted by molar-refractivity contribution is 6.03. The van der Waals surface area contributed by atoms with E-state index in [1.54, 1.807) is 12.1 Å². The van der Waals surface area contributed by atoms with Crippen molar-refractivity contribution in [2.75, 3.05) is 0 Å². The third-order valence-corrected chi connectivity index (χ3v) is 2.02. The molecule has 2 aromatic carbocycles. The van der Waals surface area contributed by atoms with Crippen LogP contribution in [-0.2, 0) is 0 Å². The van der Waals surface area contributed by atoms with Crippen LogP contribution < -0.4 is 0 Å². The van der Waals surface area contributed by atoms with Crippen molar-refractivity contribution < 1.29 is 9.90 Å². The number of carboxylic acids is 1. The van der Waals surface area contributed by atoms with Crippen LogP contribution in [0.5, 0.6) is 0 Å². The smallest absolute Gasteiger partial charge is 0.336 e. The number of benzene rings is 2. The first-order chi connectivity index (χ1) is 6.29. The number of hydrogen-bond donors (Lipinski definition) is 1. The lowest BCUT2D eigenvalue weighted by molar-refractivity contribution is 0.0699. The molecule has 0 radical (unpaired) electrons. The van der Waals surface area contributed by atoms with Crippen molar-refractivity contribution in [2.45, 2.75) is 0 Å². The molecule has 0 saturated carbocycles. The van der Waals surface area contributed by atoms with Crippen molar-refractivity contribution >= 4 is 29.1 Å². The monoisotopic (exact) mass is 208 g/mol. The highest BCUT2D eigenvalue weighted by atomic mass is 35.5. The Morgan fingerprint density at radius 3 is 2.36 bits per heavy atom. The Labute approximate surface area is 87.6 Å². The average Bonchev–Trinajstić information content (AvgIpc) is 2.17. The molecule has 2 nitrogen and oxygen atoms in total. The first-order valence-corrected chi connectivity index (χ1v) is 4.00. The molecule has 72 valence electrons. The van der Waals surface area contributed by atoms with Crippen LogP contribution in [0.3, 0.4) is 0 Å². The number of carboxylic acid groups (broad SMARTS) is 1. The molecule has 0 spiro atoms. The van der Waals surface area contributed by atoms with Gasteiger partial charge in [0.05, 0.1) is 5.56 Å². The lowest BCUT2D eigenvalue weighted by Gasteiger charge is -2.00. The fourth-order valence-corrected chi connectivity index (χ4v) is 1.41. The van der Waals surface area contributed by atoms with Gasteiger partial charge in [0.1, 0.15) is 0 Å². The van der Waals surface area contributed by atoms with Crippen LogP contribution in [0, 0.1) is 0 Å². The van der Waals surface area contributed by atoms with E-state index < -0.39 is 5.97 Å². The summed E-state index contributed by atoms with van der Waals surface area (Å²) in [6.45, 7) is 0. The predicted octanol–water partition coefficient (Wildman–Crippen LogP) is 2.96. The number of rotatable bonds is 1. The Hall–Kier alpha value is -1.54. The molecule has 0 fully saturated rings. The van der Waals surface area contributed by atoms with Gasteiger partial charge in [0.25, 0.3) is 0 Å². The molecule has 0 bridgehead atoms. The number of carbonyl (C=O) groups is 1. The third-order valence-electron chi connectivity index (χ3n) is 2.02. The topological polar surface area (TPSA) is 37.3 Å². The van der Waals surface area contributed by atoms with Gasteiger partial charge in [0, 0.05) is 0 Å². The molecule has 0 aromatic heterocycles. The van der Waals surface area contributed by atoms with Gasteiger partial charge in [-0.25, -0.2) is 4.79 Å². The summed E-state index contributed by atoms with van der Waals surface area (Å²) < 4.78 is 0. The molecular formula is C11H9ClO2. The predicted molar refractivity (Wildman–Crippen MR) is 58.2 cm³/mol. The van der Waals surface area contributed by atoms with Crippen LogP contribution in [0.1, 0.15) is 10.4 Å². The van der Waals surface area contributed by atoms with E-state index in [2.05, 4.69) is 0 Å². The van der Waals surface area contributed by atoms with E-state index >= 15 is 0 Å². The minimum absolute atomic E-state index is 0. The Bertz CT molecular complexity index is 460. The maximum Gasteiger partial charge on any atom is 0.336 e. The van der Waals surface area contributed by atoms with Gasteiger partial charge in [-0.2, -0.15) is 0 Å². The van der Waals surface area contributed by atoms with E-state index in [1.165, 1.54) is 0 Å². The summed E-state index contributed by atoms with van der Waals surface area (Å²) in [5, 5.41) is 10.6. The summed E-state index contributed by atoms with van der Waals surface area (Å²) in [6, 6.07) is 12.7. The van der Waals surface area contributed by atoms with E-state index in [0.29, 0.717) is 5.56 Å². The first kappa shape index (κ1) is 10.5. The molecule has 0 atom stereocenters. The van der Waals surface area contributed by atoms with Crippen LogP contribution in [0.25, 0.3) is 10.8 Å². The SMILES string of the molecule is Cl.O=C(O)c1cccc2ccccc12. The van der Waals surface area contributed by atoms with E-state index in [1.807, 2.05) is 30.3 Å². The van der Waals surface area contributed by atoms with E-state index in [-0.39, 0.29) is 12.4 Å². The highest BCUT2D eigenvalue weighted by Crippen LogP contribution is 2.17. The summed E-state index contributed by atoms with van der Waals surface area (Å²) in [4.78, 5) is 10.8. The van der Waals surface area contributed by atoms with Crippen LogP contribution in [0.15, 0.2) is 42.5 Å². The number of aromatic carboxylic acids is 1. The van der Waals surface area contributed by atoms with Gasteiger partial charge >= 0.3 is 5.97 Å². The molecule has 0 unspecified atom stereocenters. The van der Waals surface area contributed by atoms with E-state index in [4.69, 9.17) is 5.11 Å². The largest absolute Gasteiger partial charge is 0.478 e. The average molecular weight is 209 g/mol. The van der Waals surface area contributed by atoms with Crippen LogP contribution in [0.2, 0.25) is 0 Å². The molecule has 3 heteroatoms. The van der Waals surface area contributed by atoms with Gasteiger partial charge in [0.15, 0.2) is 0 Å². The lowest BCUT2D eigenvalue weighted by atomic mass is 10.1. The van der Waals surface area contributed by atoms with Gasteiger partial charge < -0.3 is 5.11 Å². The van der Waals surface area contributed by atoms with E-state index in [9.17, 15) is 4.79 Å². The zero-order valence-electron chi connectivity index (χ0n) is 7.31. The van der Waals surface area contributed by atoms with Crippen molar-refractivity contribution in [3.05, 3.63) is 48.0 Å². The molecule has 14 heavy (non-hydrogen) atoms. The summed E-state index contributed by atoms with van der Waals surface area (Å²) in [5.41, 5.74) is 0.359. The van der Waals surface area contributed by atoms with Crippen LogP contribution >= 0.6 is 12.4 Å². The summed E-state index contributed by atoms with van der Waals surface area (Å²) in [6.07, 6.45) is 0. The molecule has 0 saturated heterocycles. The van der Waals surface area contributed by atoms with Crippen LogP contribution in [-0.4, -0.2) is 11.1 Å². The second-order valence-electron chi connectivity index (χ2n) is 2.83. The van der Waals surface area contributed by atoms with Gasteiger partial charge in [-0.1, -0.05) is 36.4 Å². The zero-order chi connectivity index (χ0) is 9.26. The molecule has 0 aliphatic carbocycles. The minimum atomic E-state index is -0.878. The minimum Gasteiger partial charge on any atom is -0.478 e. The number of halogens is 1. The molecule has 1 N–H and O–H groups in total. The summed E-state index contributed by atoms with van der Waals surface area (Å²) in [7, 11) is 0. The van der Waals surface area contributed by atoms with Gasteiger partial charge in [-0.15, -0.1) is 12.4 Å². The standard InChI is InChI=1S/C11H8O2.ClH/c12-11(13)10-7-3-5-8-4-1-2-6-9(8)10;/h1-7H,(H,12,13);1H. The van der Waals surface area contributed by atoms with Crippen molar-refractivity contribution in [1.29, 1.82) is 0 Å². The lowest BCUT2D eigenvalue weighted by Crippen LogP contribution is -1.96. The number of hydrogen-bond acceptors (Lipinski definition) is 1. The Morgan fingerprint density at radius 1 is 1.00 bits per heavy atom. The molecular weight excluding hydrogens is 200 g/mol. The van der Waals surface area contributed by atoms with Crippen LogP contribution in [0.4, 0.5) is 0 Å². The molecule has 2 rings (SSSR count). The quantitative estimate of drug-likeness (QED) is 0.783. The second kappa shape index (κ2) is 4.11. The van der Waals surface area contributed by atoms with Crippen molar-refractivity contribution in [2.24, 2.45) is 0 Å². The molecule has 0 heterocycles. The first-order valence-electron chi connectivity index (χ1n) is 4.00. The van der Waals surface area contributed by atoms with Crippen molar-refractivity contribution in [3.8, 4) is 0 Å². The second-order valence-corrected chi connectivity index (χ2v) is 2.83. The van der Waals surface area contributed by atoms with E-state index in [0.717, 1.165) is 10.8 Å². The molecule has 2 aromatic rings. The van der Waals surface area contributed by atoms with Gasteiger partial charge in [-0.05, 0) is 16.8 Å². The summed E-state index contributed by atoms with van der Waals surface area (Å²) in [5.74, 6) is -0.878. The summed E-state index contributed by atoms with van der Waals surface area (Å²) >= 11 is 0. The van der Waals surface area contributed by atoms with Gasteiger partial charge in [0.2, 0.25) is 0 Å². The van der Waals surface area contributed by atoms with Crippen molar-refractivity contribution in [3.63, 3.8) is 0 Å². The zero-order valence-corrected chi connectivity index (χ0v) is 8.12. The Kier molecular flexibility index (Phi) is 3.10. The normalized spacial score (nSPS) is 9.43. The molecule has 0 aliphatic rings. The number of fused-ring (bicyclic) bond motifs is 1. The Balaban J connectivity index is 0.000000980. The highest BCUT2D eigenvalue weighted by Gasteiger charge is 2.05.